The van der Waals surface area contributed by atoms with Crippen LogP contribution in [-0.4, -0.2) is 44.5 Å². The van der Waals surface area contributed by atoms with E-state index in [1.165, 1.54) is 67.3 Å². The van der Waals surface area contributed by atoms with E-state index in [0.29, 0.717) is 52.5 Å². The quantitative estimate of drug-likeness (QED) is 0.0916. The number of rotatable bonds is 12. The molecule has 5 aromatic rings. The first kappa shape index (κ1) is 60.9. The first-order valence-electron chi connectivity index (χ1n) is 24.9. The molecule has 0 aliphatic carbocycles. The number of halogens is 3. The molecule has 3 heterocycles. The summed E-state index contributed by atoms with van der Waals surface area (Å²) in [5.41, 5.74) is 17.8. The summed E-state index contributed by atoms with van der Waals surface area (Å²) in [6.45, 7) is 43.5. The first-order valence-corrected chi connectivity index (χ1v) is 25.3. The van der Waals surface area contributed by atoms with Crippen LogP contribution >= 0.6 is 36.4 Å². The van der Waals surface area contributed by atoms with Crippen LogP contribution in [0.4, 0.5) is 22.7 Å². The Kier molecular flexibility index (Phi) is 25.0. The fraction of sp³-hybridized carbons (Fsp3) is 0.508. The molecule has 2 fully saturated rings. The van der Waals surface area contributed by atoms with Gasteiger partial charge < -0.3 is 19.6 Å². The predicted molar refractivity (Wildman–Crippen MR) is 301 cm³/mol. The molecule has 68 heavy (non-hydrogen) atoms. The van der Waals surface area contributed by atoms with E-state index in [4.69, 9.17) is 11.6 Å². The second-order valence-corrected chi connectivity index (χ2v) is 21.3. The Morgan fingerprint density at radius 2 is 0.544 bits per heavy atom. The van der Waals surface area contributed by atoms with E-state index < -0.39 is 0 Å². The Hall–Kier alpha value is -3.24. The van der Waals surface area contributed by atoms with E-state index in [1.807, 2.05) is 12.1 Å². The second-order valence-electron chi connectivity index (χ2n) is 20.9. The first-order chi connectivity index (χ1) is 30.8. The van der Waals surface area contributed by atoms with E-state index in [1.54, 1.807) is 12.3 Å². The number of anilines is 4. The van der Waals surface area contributed by atoms with E-state index in [9.17, 15) is 0 Å². The maximum Gasteiger partial charge on any atom is 0.129 e. The number of nitrogens with zero attached hydrogens (tertiary/aromatic N) is 5. The third-order valence-electron chi connectivity index (χ3n) is 13.2. The summed E-state index contributed by atoms with van der Waals surface area (Å²) in [5, 5.41) is 0.544. The average Bonchev–Trinajstić information content (AvgIpc) is 3.97. The van der Waals surface area contributed by atoms with Gasteiger partial charge in [-0.05, 0) is 104 Å². The number of para-hydroxylation sites is 4. The molecule has 0 amide bonds. The van der Waals surface area contributed by atoms with Gasteiger partial charge in [-0.15, -0.1) is 24.8 Å². The van der Waals surface area contributed by atoms with Gasteiger partial charge in [0.1, 0.15) is 5.15 Å². The van der Waals surface area contributed by atoms with Gasteiger partial charge in [0.05, 0.1) is 13.3 Å². The van der Waals surface area contributed by atoms with Crippen LogP contribution in [0.2, 0.25) is 5.15 Å². The number of pyridine rings is 1. The summed E-state index contributed by atoms with van der Waals surface area (Å²) in [5.74, 6) is 4.27. The van der Waals surface area contributed by atoms with Gasteiger partial charge in [-0.2, -0.15) is 0 Å². The van der Waals surface area contributed by atoms with Crippen molar-refractivity contribution in [3.63, 3.8) is 0 Å². The Balaban J connectivity index is 0.000000392. The minimum Gasteiger partial charge on any atom is -0.352 e. The topological polar surface area (TPSA) is 25.9 Å². The van der Waals surface area contributed by atoms with E-state index in [2.05, 4.69) is 208 Å². The summed E-state index contributed by atoms with van der Waals surface area (Å²) >= 11 is 5.43. The van der Waals surface area contributed by atoms with E-state index >= 15 is 0 Å². The zero-order valence-electron chi connectivity index (χ0n) is 44.3. The van der Waals surface area contributed by atoms with Crippen molar-refractivity contribution in [2.75, 3.05) is 59.1 Å². The van der Waals surface area contributed by atoms with Crippen molar-refractivity contribution in [1.29, 1.82) is 0 Å². The molecule has 2 aliphatic rings. The molecule has 5 nitrogen and oxygen atoms in total. The maximum atomic E-state index is 5.43. The smallest absolute Gasteiger partial charge is 0.129 e. The molecule has 1 aromatic heterocycles. The SMILES string of the molecule is CC(C)c1cccc(C(C)C)c1N1CCN(c2c(C(C)C)cccc2C(C)C)C1.CC(C)c1cccc(C(C)C)c1N1CCN(c2c(C(C)C)cccc2C(C)C)C1.Cl.Cl.Clc1ccccn1.[Pd]. The maximum absolute atomic E-state index is 5.43. The molecule has 9 heteroatoms. The van der Waals surface area contributed by atoms with Crippen LogP contribution in [-0.2, 0) is 20.4 Å². The number of aromatic nitrogens is 1. The second kappa shape index (κ2) is 28.0. The van der Waals surface area contributed by atoms with Crippen molar-refractivity contribution in [2.45, 2.75) is 158 Å². The molecule has 4 aromatic carbocycles. The predicted octanol–water partition coefficient (Wildman–Crippen LogP) is 17.5. The summed E-state index contributed by atoms with van der Waals surface area (Å²) in [6.07, 6.45) is 1.66. The van der Waals surface area contributed by atoms with Crippen molar-refractivity contribution in [2.24, 2.45) is 0 Å². The standard InChI is InChI=1S/2C27H40N2.C5H4ClN.2ClH.Pd/c2*1-18(2)22-11-9-12-23(19(3)4)26(22)28-15-16-29(17-28)27-24(20(5)6)13-10-14-25(27)21(7)8;6-5-3-1-2-4-7-5;;;/h2*9-14,18-21H,15-17H2,1-8H3;1-4H;2*1H;. The minimum atomic E-state index is 0. The molecule has 2 aliphatic heterocycles. The molecule has 0 spiro atoms. The van der Waals surface area contributed by atoms with Crippen LogP contribution in [0.25, 0.3) is 0 Å². The third kappa shape index (κ3) is 14.9. The largest absolute Gasteiger partial charge is 0.352 e. The van der Waals surface area contributed by atoms with E-state index in [-0.39, 0.29) is 45.2 Å². The molecule has 0 unspecified atom stereocenters. The van der Waals surface area contributed by atoms with Gasteiger partial charge in [0, 0.05) is 75.5 Å². The average molecular weight is 1080 g/mol. The van der Waals surface area contributed by atoms with Crippen molar-refractivity contribution in [3.05, 3.63) is 147 Å². The molecule has 0 bridgehead atoms. The molecule has 0 atom stereocenters. The van der Waals surface area contributed by atoms with Gasteiger partial charge in [-0.3, -0.25) is 0 Å². The molecular formula is C59H86Cl3N5Pd. The van der Waals surface area contributed by atoms with Crippen molar-refractivity contribution in [1.82, 2.24) is 4.98 Å². The third-order valence-corrected chi connectivity index (χ3v) is 13.4. The van der Waals surface area contributed by atoms with Gasteiger partial charge in [0.25, 0.3) is 0 Å². The summed E-state index contributed by atoms with van der Waals surface area (Å²) in [4.78, 5) is 14.3. The van der Waals surface area contributed by atoms with Crippen LogP contribution in [0.5, 0.6) is 0 Å². The molecule has 0 N–H and O–H groups in total. The Labute approximate surface area is 445 Å². The van der Waals surface area contributed by atoms with Crippen LogP contribution in [0.15, 0.2) is 97.2 Å². The van der Waals surface area contributed by atoms with Gasteiger partial charge in [0.15, 0.2) is 0 Å². The number of hydrogen-bond donors (Lipinski definition) is 0. The number of benzene rings is 4. The van der Waals surface area contributed by atoms with Crippen molar-refractivity contribution < 1.29 is 20.4 Å². The zero-order chi connectivity index (χ0) is 47.7. The summed E-state index contributed by atoms with van der Waals surface area (Å²) in [7, 11) is 0. The van der Waals surface area contributed by atoms with Gasteiger partial charge in [-0.1, -0.05) is 201 Å². The van der Waals surface area contributed by atoms with Gasteiger partial charge in [0.2, 0.25) is 0 Å². The zero-order valence-corrected chi connectivity index (χ0v) is 48.3. The Morgan fingerprint density at radius 1 is 0.338 bits per heavy atom. The Bertz CT molecular complexity index is 1890. The van der Waals surface area contributed by atoms with E-state index in [0.717, 1.165) is 39.5 Å². The van der Waals surface area contributed by atoms with Crippen molar-refractivity contribution in [3.8, 4) is 0 Å². The molecule has 0 saturated carbocycles. The molecule has 2 saturated heterocycles. The molecule has 378 valence electrons. The van der Waals surface area contributed by atoms with Crippen molar-refractivity contribution >= 4 is 59.2 Å². The fourth-order valence-electron chi connectivity index (χ4n) is 9.76. The minimum absolute atomic E-state index is 0. The van der Waals surface area contributed by atoms with Crippen LogP contribution in [0.3, 0.4) is 0 Å². The van der Waals surface area contributed by atoms with Crippen LogP contribution in [0.1, 0.15) is 203 Å². The molecule has 0 radical (unpaired) electrons. The molecular weight excluding hydrogens is 991 g/mol. The Morgan fingerprint density at radius 3 is 0.676 bits per heavy atom. The molecule has 7 rings (SSSR count). The fourth-order valence-corrected chi connectivity index (χ4v) is 9.89. The number of hydrogen-bond acceptors (Lipinski definition) is 5. The monoisotopic (exact) mass is 1080 g/mol. The normalized spacial score (nSPS) is 13.6. The van der Waals surface area contributed by atoms with Gasteiger partial charge in [-0.25, -0.2) is 4.98 Å². The van der Waals surface area contributed by atoms with Crippen LogP contribution in [0, 0.1) is 0 Å². The summed E-state index contributed by atoms with van der Waals surface area (Å²) in [6, 6.07) is 33.0. The van der Waals surface area contributed by atoms with Gasteiger partial charge >= 0.3 is 0 Å². The summed E-state index contributed by atoms with van der Waals surface area (Å²) < 4.78 is 0. The van der Waals surface area contributed by atoms with Crippen LogP contribution < -0.4 is 19.6 Å².